The number of aromatic nitrogens is 4. The number of allylic oxidation sites excluding steroid dienone is 1. The fraction of sp³-hybridized carbons (Fsp3) is 0.529. The van der Waals surface area contributed by atoms with Gasteiger partial charge in [0.15, 0.2) is 23.2 Å². The minimum Gasteiger partial charge on any atom is -0.387 e. The van der Waals surface area contributed by atoms with Crippen molar-refractivity contribution in [2.45, 2.75) is 44.3 Å². The number of aryl methyl sites for hydroxylation is 1. The molecule has 0 saturated carbocycles. The van der Waals surface area contributed by atoms with Crippen LogP contribution in [0.4, 0.5) is 0 Å². The van der Waals surface area contributed by atoms with Crippen LogP contribution in [0.15, 0.2) is 23.8 Å². The third-order valence-corrected chi connectivity index (χ3v) is 5.60. The monoisotopic (exact) mass is 458 g/mol. The van der Waals surface area contributed by atoms with Gasteiger partial charge in [-0.2, -0.15) is 0 Å². The Kier molecular flexibility index (Phi) is 7.17. The molecule has 0 aromatic carbocycles. The van der Waals surface area contributed by atoms with E-state index in [9.17, 15) is 29.3 Å². The number of nitrogens with zero attached hydrogens (tertiary/aromatic N) is 3. The zero-order chi connectivity index (χ0) is 22.8. The van der Waals surface area contributed by atoms with E-state index in [-0.39, 0.29) is 36.4 Å². The van der Waals surface area contributed by atoms with Crippen LogP contribution < -0.4 is 5.56 Å². The molecule has 1 saturated heterocycles. The number of hydrogen-bond donors (Lipinski definition) is 4. The number of phosphoric acid groups is 1. The average molecular weight is 458 g/mol. The lowest BCUT2D eigenvalue weighted by Crippen LogP contribution is -2.33. The molecule has 1 aliphatic heterocycles. The molecule has 3 heterocycles. The Morgan fingerprint density at radius 3 is 2.87 bits per heavy atom. The summed E-state index contributed by atoms with van der Waals surface area (Å²) in [7, 11) is -4.48. The number of rotatable bonds is 10. The predicted octanol–water partition coefficient (Wildman–Crippen LogP) is -0.284. The predicted molar refractivity (Wildman–Crippen MR) is 105 cm³/mol. The van der Waals surface area contributed by atoms with Gasteiger partial charge in [-0.1, -0.05) is 6.58 Å². The number of phosphoric ester groups is 1. The standard InChI is InChI=1S/C17H23N4O9P/c1-3-10(22)5-4-6-28-31(26,27)29-7-11-13(23)14(24)17(30-11)21-8-18-12-15(21)19-9(2)20-16(12)25/h3,8,11,13-14,17,23-24H,1,4-7H2,2H3,(H,26,27)(H,19,20,25)/t11-,13-,14-,17-/m1/s1. The summed E-state index contributed by atoms with van der Waals surface area (Å²) in [6.45, 7) is 4.13. The molecule has 170 valence electrons. The van der Waals surface area contributed by atoms with Gasteiger partial charge in [-0.25, -0.2) is 14.5 Å². The summed E-state index contributed by atoms with van der Waals surface area (Å²) in [5.74, 6) is 0.0961. The van der Waals surface area contributed by atoms with Gasteiger partial charge in [0.25, 0.3) is 5.56 Å². The van der Waals surface area contributed by atoms with Crippen LogP contribution in [0, 0.1) is 6.92 Å². The number of fused-ring (bicyclic) bond motifs is 1. The van der Waals surface area contributed by atoms with Crippen molar-refractivity contribution in [2.75, 3.05) is 13.2 Å². The van der Waals surface area contributed by atoms with Gasteiger partial charge in [-0.3, -0.25) is 23.2 Å². The second kappa shape index (κ2) is 9.49. The van der Waals surface area contributed by atoms with Crippen molar-refractivity contribution in [1.82, 2.24) is 19.5 Å². The molecule has 14 heteroatoms. The maximum Gasteiger partial charge on any atom is 0.472 e. The molecule has 0 radical (unpaired) electrons. The van der Waals surface area contributed by atoms with Crippen LogP contribution in [-0.2, 0) is 23.1 Å². The first kappa shape index (κ1) is 23.4. The molecule has 2 aromatic heterocycles. The third-order valence-electron chi connectivity index (χ3n) is 4.61. The van der Waals surface area contributed by atoms with Crippen molar-refractivity contribution in [3.63, 3.8) is 0 Å². The van der Waals surface area contributed by atoms with E-state index < -0.39 is 44.5 Å². The number of carbonyl (C=O) groups excluding carboxylic acids is 1. The van der Waals surface area contributed by atoms with Crippen molar-refractivity contribution in [3.05, 3.63) is 35.2 Å². The van der Waals surface area contributed by atoms with Gasteiger partial charge in [0.2, 0.25) is 0 Å². The SMILES string of the molecule is C=CC(=O)CCCOP(=O)(O)OC[C@H]1O[C@@H](n2cnc3c(=O)[nH]c(C)nc32)[C@H](O)[C@@H]1O. The molecule has 0 bridgehead atoms. The van der Waals surface area contributed by atoms with Crippen LogP contribution in [-0.4, -0.2) is 71.9 Å². The maximum atomic E-state index is 12.0. The Bertz CT molecular complexity index is 1070. The molecule has 0 aliphatic carbocycles. The largest absolute Gasteiger partial charge is 0.472 e. The summed E-state index contributed by atoms with van der Waals surface area (Å²) in [6, 6.07) is 0. The number of carbonyl (C=O) groups is 1. The van der Waals surface area contributed by atoms with Gasteiger partial charge in [0, 0.05) is 6.42 Å². The zero-order valence-corrected chi connectivity index (χ0v) is 17.5. The molecular formula is C17H23N4O9P. The number of aromatic amines is 1. The molecular weight excluding hydrogens is 435 g/mol. The maximum absolute atomic E-state index is 12.0. The van der Waals surface area contributed by atoms with Gasteiger partial charge >= 0.3 is 7.82 Å². The second-order valence-corrected chi connectivity index (χ2v) is 8.35. The van der Waals surface area contributed by atoms with Crippen molar-refractivity contribution < 1.29 is 38.3 Å². The fourth-order valence-corrected chi connectivity index (χ4v) is 3.82. The van der Waals surface area contributed by atoms with Gasteiger partial charge in [-0.15, -0.1) is 0 Å². The molecule has 1 unspecified atom stereocenters. The Hall–Kier alpha value is -2.25. The summed E-state index contributed by atoms with van der Waals surface area (Å²) in [5.41, 5.74) is -0.301. The van der Waals surface area contributed by atoms with Crippen LogP contribution in [0.1, 0.15) is 24.9 Å². The molecule has 5 atom stereocenters. The summed E-state index contributed by atoms with van der Waals surface area (Å²) >= 11 is 0. The zero-order valence-electron chi connectivity index (χ0n) is 16.6. The van der Waals surface area contributed by atoms with Gasteiger partial charge in [0.1, 0.15) is 24.1 Å². The fourth-order valence-electron chi connectivity index (χ4n) is 3.05. The van der Waals surface area contributed by atoms with E-state index in [0.29, 0.717) is 5.82 Å². The van der Waals surface area contributed by atoms with Crippen molar-refractivity contribution >= 4 is 24.8 Å². The molecule has 1 aliphatic rings. The smallest absolute Gasteiger partial charge is 0.387 e. The van der Waals surface area contributed by atoms with E-state index in [2.05, 4.69) is 21.5 Å². The number of imidazole rings is 1. The normalized spacial score (nSPS) is 25.5. The lowest BCUT2D eigenvalue weighted by Gasteiger charge is -2.17. The highest BCUT2D eigenvalue weighted by Gasteiger charge is 2.45. The lowest BCUT2D eigenvalue weighted by molar-refractivity contribution is -0.114. The summed E-state index contributed by atoms with van der Waals surface area (Å²) in [4.78, 5) is 43.5. The van der Waals surface area contributed by atoms with Crippen LogP contribution >= 0.6 is 7.82 Å². The Morgan fingerprint density at radius 1 is 1.42 bits per heavy atom. The summed E-state index contributed by atoms with van der Waals surface area (Å²) in [5, 5.41) is 20.7. The molecule has 3 rings (SSSR count). The summed E-state index contributed by atoms with van der Waals surface area (Å²) in [6.07, 6.45) is -2.56. The first-order valence-corrected chi connectivity index (χ1v) is 10.8. The molecule has 1 fully saturated rings. The van der Waals surface area contributed by atoms with E-state index in [4.69, 9.17) is 13.8 Å². The number of ketones is 1. The van der Waals surface area contributed by atoms with Crippen LogP contribution in [0.5, 0.6) is 0 Å². The summed E-state index contributed by atoms with van der Waals surface area (Å²) < 4.78 is 28.5. The minimum atomic E-state index is -4.48. The Morgan fingerprint density at radius 2 is 2.16 bits per heavy atom. The Balaban J connectivity index is 1.62. The third kappa shape index (κ3) is 5.33. The Labute approximate surface area is 175 Å². The highest BCUT2D eigenvalue weighted by molar-refractivity contribution is 7.47. The van der Waals surface area contributed by atoms with E-state index in [1.54, 1.807) is 6.92 Å². The molecule has 0 spiro atoms. The van der Waals surface area contributed by atoms with E-state index in [1.807, 2.05) is 0 Å². The first-order valence-electron chi connectivity index (χ1n) is 9.35. The number of hydrogen-bond acceptors (Lipinski definition) is 10. The molecule has 31 heavy (non-hydrogen) atoms. The van der Waals surface area contributed by atoms with Crippen LogP contribution in [0.2, 0.25) is 0 Å². The number of ether oxygens (including phenoxy) is 1. The van der Waals surface area contributed by atoms with E-state index in [1.165, 1.54) is 10.9 Å². The minimum absolute atomic E-state index is 0.0267. The van der Waals surface area contributed by atoms with Gasteiger partial charge in [0.05, 0.1) is 19.5 Å². The van der Waals surface area contributed by atoms with E-state index in [0.717, 1.165) is 6.08 Å². The number of aliphatic hydroxyl groups is 2. The second-order valence-electron chi connectivity index (χ2n) is 6.89. The van der Waals surface area contributed by atoms with Crippen LogP contribution in [0.3, 0.4) is 0 Å². The molecule has 2 aromatic rings. The number of H-pyrrole nitrogens is 1. The van der Waals surface area contributed by atoms with Gasteiger partial charge in [-0.05, 0) is 19.4 Å². The molecule has 13 nitrogen and oxygen atoms in total. The quantitative estimate of drug-likeness (QED) is 0.208. The van der Waals surface area contributed by atoms with Crippen molar-refractivity contribution in [1.29, 1.82) is 0 Å². The lowest BCUT2D eigenvalue weighted by atomic mass is 10.1. The van der Waals surface area contributed by atoms with Gasteiger partial charge < -0.3 is 24.8 Å². The molecule has 4 N–H and O–H groups in total. The highest BCUT2D eigenvalue weighted by Crippen LogP contribution is 2.44. The average Bonchev–Trinajstić information content (AvgIpc) is 3.25. The first-order chi connectivity index (χ1) is 14.6. The van der Waals surface area contributed by atoms with E-state index >= 15 is 0 Å². The molecule has 0 amide bonds. The topological polar surface area (TPSA) is 186 Å². The number of aliphatic hydroxyl groups excluding tert-OH is 2. The van der Waals surface area contributed by atoms with Crippen LogP contribution in [0.25, 0.3) is 11.2 Å². The van der Waals surface area contributed by atoms with Crippen molar-refractivity contribution in [2.24, 2.45) is 0 Å². The number of nitrogens with one attached hydrogen (secondary N) is 1. The highest BCUT2D eigenvalue weighted by atomic mass is 31.2. The van der Waals surface area contributed by atoms with Crippen molar-refractivity contribution in [3.8, 4) is 0 Å².